The zero-order valence-corrected chi connectivity index (χ0v) is 13.1. The number of benzene rings is 1. The Labute approximate surface area is 127 Å². The number of carbonyl (C=O) groups is 1. The molecule has 1 saturated heterocycles. The Bertz CT molecular complexity index is 475. The van der Waals surface area contributed by atoms with E-state index in [1.165, 1.54) is 12.0 Å². The van der Waals surface area contributed by atoms with Crippen molar-refractivity contribution < 1.29 is 4.79 Å². The number of nitrogens with one attached hydrogen (secondary N) is 1. The minimum atomic E-state index is 0.0517. The number of carbonyl (C=O) groups excluding carboxylic acids is 1. The molecule has 3 N–H and O–H groups in total. The van der Waals surface area contributed by atoms with Gasteiger partial charge in [0.05, 0.1) is 6.54 Å². The molecule has 1 aromatic rings. The van der Waals surface area contributed by atoms with Crippen LogP contribution in [0, 0.1) is 5.92 Å². The topological polar surface area (TPSA) is 58.4 Å². The van der Waals surface area contributed by atoms with E-state index in [1.807, 2.05) is 18.2 Å². The van der Waals surface area contributed by atoms with Gasteiger partial charge in [0, 0.05) is 18.3 Å². The maximum absolute atomic E-state index is 12.3. The summed E-state index contributed by atoms with van der Waals surface area (Å²) in [5.41, 5.74) is 8.00. The van der Waals surface area contributed by atoms with Crippen LogP contribution in [0.4, 0.5) is 5.69 Å². The molecule has 0 aromatic heterocycles. The first-order valence-corrected chi connectivity index (χ1v) is 7.97. The van der Waals surface area contributed by atoms with Crippen LogP contribution in [0.15, 0.2) is 24.3 Å². The van der Waals surface area contributed by atoms with Gasteiger partial charge in [-0.25, -0.2) is 0 Å². The molecule has 1 heterocycles. The van der Waals surface area contributed by atoms with Crippen molar-refractivity contribution in [2.45, 2.75) is 39.2 Å². The normalized spacial score (nSPS) is 23.0. The molecular formula is C17H27N3O. The zero-order valence-electron chi connectivity index (χ0n) is 13.1. The van der Waals surface area contributed by atoms with Crippen LogP contribution in [0.2, 0.25) is 0 Å². The summed E-state index contributed by atoms with van der Waals surface area (Å²) in [7, 11) is 0. The monoisotopic (exact) mass is 289 g/mol. The van der Waals surface area contributed by atoms with Crippen LogP contribution in [0.1, 0.15) is 32.3 Å². The summed E-state index contributed by atoms with van der Waals surface area (Å²) in [6, 6.07) is 8.37. The number of rotatable bonds is 5. The summed E-state index contributed by atoms with van der Waals surface area (Å²) in [6.45, 7) is 6.37. The number of nitrogens with two attached hydrogens (primary N) is 1. The molecule has 2 unspecified atom stereocenters. The highest BCUT2D eigenvalue weighted by atomic mass is 16.2. The van der Waals surface area contributed by atoms with Gasteiger partial charge in [-0.2, -0.15) is 0 Å². The van der Waals surface area contributed by atoms with Crippen LogP contribution in [0.5, 0.6) is 0 Å². The van der Waals surface area contributed by atoms with Gasteiger partial charge >= 0.3 is 0 Å². The molecular weight excluding hydrogens is 262 g/mol. The number of anilines is 1. The molecule has 2 atom stereocenters. The first kappa shape index (κ1) is 16.0. The fourth-order valence-electron chi connectivity index (χ4n) is 3.17. The zero-order chi connectivity index (χ0) is 15.2. The first-order chi connectivity index (χ1) is 10.1. The Kier molecular flexibility index (Phi) is 5.76. The molecule has 1 aliphatic rings. The largest absolute Gasteiger partial charge is 0.329 e. The number of hydrogen-bond donors (Lipinski definition) is 2. The van der Waals surface area contributed by atoms with Crippen LogP contribution < -0.4 is 11.1 Å². The predicted molar refractivity (Wildman–Crippen MR) is 87.3 cm³/mol. The van der Waals surface area contributed by atoms with E-state index in [2.05, 4.69) is 30.1 Å². The molecule has 4 nitrogen and oxygen atoms in total. The quantitative estimate of drug-likeness (QED) is 0.874. The van der Waals surface area contributed by atoms with Crippen molar-refractivity contribution in [2.75, 3.05) is 25.0 Å². The lowest BCUT2D eigenvalue weighted by molar-refractivity contribution is -0.118. The van der Waals surface area contributed by atoms with Gasteiger partial charge in [0.25, 0.3) is 0 Å². The second kappa shape index (κ2) is 7.57. The molecule has 0 saturated carbocycles. The van der Waals surface area contributed by atoms with Crippen molar-refractivity contribution in [1.82, 2.24) is 4.90 Å². The lowest BCUT2D eigenvalue weighted by atomic mass is 9.91. The third-order valence-corrected chi connectivity index (χ3v) is 4.44. The number of nitrogens with zero attached hydrogens (tertiary/aromatic N) is 1. The summed E-state index contributed by atoms with van der Waals surface area (Å²) >= 11 is 0. The molecule has 0 aliphatic carbocycles. The molecule has 0 spiro atoms. The van der Waals surface area contributed by atoms with Gasteiger partial charge in [0.2, 0.25) is 5.91 Å². The Morgan fingerprint density at radius 3 is 3.00 bits per heavy atom. The SMILES string of the molecule is CCc1cccc(NC(=O)CN2CCCC(C)C2CN)c1. The van der Waals surface area contributed by atoms with E-state index in [9.17, 15) is 4.79 Å². The van der Waals surface area contributed by atoms with Crippen molar-refractivity contribution >= 4 is 11.6 Å². The Balaban J connectivity index is 1.94. The molecule has 4 heteroatoms. The van der Waals surface area contributed by atoms with Crippen LogP contribution in [-0.2, 0) is 11.2 Å². The molecule has 116 valence electrons. The van der Waals surface area contributed by atoms with Gasteiger partial charge < -0.3 is 11.1 Å². The predicted octanol–water partition coefficient (Wildman–Crippen LogP) is 2.25. The van der Waals surface area contributed by atoms with Crippen LogP contribution in [-0.4, -0.2) is 36.5 Å². The smallest absolute Gasteiger partial charge is 0.238 e. The van der Waals surface area contributed by atoms with Crippen LogP contribution in [0.3, 0.4) is 0 Å². The highest BCUT2D eigenvalue weighted by Gasteiger charge is 2.28. The highest BCUT2D eigenvalue weighted by Crippen LogP contribution is 2.22. The lowest BCUT2D eigenvalue weighted by Crippen LogP contribution is -2.51. The van der Waals surface area contributed by atoms with Gasteiger partial charge in [0.1, 0.15) is 0 Å². The molecule has 1 aromatic carbocycles. The lowest BCUT2D eigenvalue weighted by Gasteiger charge is -2.38. The Hall–Kier alpha value is -1.39. The molecule has 21 heavy (non-hydrogen) atoms. The number of hydrogen-bond acceptors (Lipinski definition) is 3. The fraction of sp³-hybridized carbons (Fsp3) is 0.588. The maximum Gasteiger partial charge on any atom is 0.238 e. The van der Waals surface area contributed by atoms with Crippen molar-refractivity contribution in [1.29, 1.82) is 0 Å². The molecule has 0 radical (unpaired) electrons. The second-order valence-corrected chi connectivity index (χ2v) is 6.00. The van der Waals surface area contributed by atoms with E-state index in [-0.39, 0.29) is 5.91 Å². The maximum atomic E-state index is 12.3. The van der Waals surface area contributed by atoms with Crippen LogP contribution in [0.25, 0.3) is 0 Å². The number of piperidine rings is 1. The molecule has 2 rings (SSSR count). The Morgan fingerprint density at radius 2 is 2.29 bits per heavy atom. The average molecular weight is 289 g/mol. The van der Waals surface area contributed by atoms with Crippen molar-refractivity contribution in [2.24, 2.45) is 11.7 Å². The van der Waals surface area contributed by atoms with Gasteiger partial charge in [0.15, 0.2) is 0 Å². The number of aryl methyl sites for hydroxylation is 1. The van der Waals surface area contributed by atoms with E-state index < -0.39 is 0 Å². The summed E-state index contributed by atoms with van der Waals surface area (Å²) in [5, 5.41) is 3.00. The minimum absolute atomic E-state index is 0.0517. The highest BCUT2D eigenvalue weighted by molar-refractivity contribution is 5.92. The van der Waals surface area contributed by atoms with Gasteiger partial charge in [-0.05, 0) is 49.4 Å². The summed E-state index contributed by atoms with van der Waals surface area (Å²) < 4.78 is 0. The van der Waals surface area contributed by atoms with Crippen molar-refractivity contribution in [3.05, 3.63) is 29.8 Å². The Morgan fingerprint density at radius 1 is 1.48 bits per heavy atom. The first-order valence-electron chi connectivity index (χ1n) is 7.97. The third-order valence-electron chi connectivity index (χ3n) is 4.44. The van der Waals surface area contributed by atoms with Gasteiger partial charge in [-0.3, -0.25) is 9.69 Å². The molecule has 1 fully saturated rings. The minimum Gasteiger partial charge on any atom is -0.329 e. The molecule has 1 amide bonds. The third kappa shape index (κ3) is 4.29. The van der Waals surface area contributed by atoms with E-state index in [0.717, 1.165) is 25.1 Å². The van der Waals surface area contributed by atoms with Gasteiger partial charge in [-0.15, -0.1) is 0 Å². The second-order valence-electron chi connectivity index (χ2n) is 6.00. The molecule has 1 aliphatic heterocycles. The average Bonchev–Trinajstić information content (AvgIpc) is 2.47. The van der Waals surface area contributed by atoms with Crippen LogP contribution >= 0.6 is 0 Å². The van der Waals surface area contributed by atoms with E-state index >= 15 is 0 Å². The van der Waals surface area contributed by atoms with Crippen molar-refractivity contribution in [3.63, 3.8) is 0 Å². The van der Waals surface area contributed by atoms with E-state index in [1.54, 1.807) is 0 Å². The van der Waals surface area contributed by atoms with E-state index in [0.29, 0.717) is 25.0 Å². The summed E-state index contributed by atoms with van der Waals surface area (Å²) in [6.07, 6.45) is 3.33. The summed E-state index contributed by atoms with van der Waals surface area (Å²) in [4.78, 5) is 14.5. The number of amides is 1. The van der Waals surface area contributed by atoms with E-state index in [4.69, 9.17) is 5.73 Å². The standard InChI is InChI=1S/C17H27N3O/c1-3-14-7-4-8-15(10-14)19-17(21)12-20-9-5-6-13(2)16(20)11-18/h4,7-8,10,13,16H,3,5-6,9,11-12,18H2,1-2H3,(H,19,21). The fourth-order valence-corrected chi connectivity index (χ4v) is 3.17. The molecule has 0 bridgehead atoms. The number of likely N-dealkylation sites (tertiary alicyclic amines) is 1. The van der Waals surface area contributed by atoms with Crippen molar-refractivity contribution in [3.8, 4) is 0 Å². The van der Waals surface area contributed by atoms with Gasteiger partial charge in [-0.1, -0.05) is 26.0 Å². The summed E-state index contributed by atoms with van der Waals surface area (Å²) in [5.74, 6) is 0.621.